The molecule has 1 amide bonds. The van der Waals surface area contributed by atoms with E-state index in [0.717, 1.165) is 5.56 Å². The van der Waals surface area contributed by atoms with E-state index in [1.165, 1.54) is 0 Å². The summed E-state index contributed by atoms with van der Waals surface area (Å²) in [5.74, 6) is 1.08. The maximum atomic E-state index is 12.1. The van der Waals surface area contributed by atoms with Crippen molar-refractivity contribution in [2.24, 2.45) is 0 Å². The molecule has 0 spiro atoms. The molecule has 0 aliphatic rings. The molecule has 1 N–H and O–H groups in total. The minimum atomic E-state index is -0.149. The normalized spacial score (nSPS) is 10.0. The highest BCUT2D eigenvalue weighted by Gasteiger charge is 2.10. The van der Waals surface area contributed by atoms with Crippen molar-refractivity contribution >= 4 is 23.2 Å². The summed E-state index contributed by atoms with van der Waals surface area (Å²) >= 11 is 5.91. The third-order valence-electron chi connectivity index (χ3n) is 2.93. The zero-order valence-electron chi connectivity index (χ0n) is 11.9. The average molecular weight is 306 g/mol. The van der Waals surface area contributed by atoms with Gasteiger partial charge in [0.05, 0.1) is 26.3 Å². The number of benzene rings is 2. The van der Waals surface area contributed by atoms with Gasteiger partial charge in [-0.25, -0.2) is 0 Å². The number of anilines is 1. The Hall–Kier alpha value is -2.20. The first-order chi connectivity index (χ1) is 10.1. The lowest BCUT2D eigenvalue weighted by atomic mass is 10.1. The predicted molar refractivity (Wildman–Crippen MR) is 83.3 cm³/mol. The van der Waals surface area contributed by atoms with Crippen LogP contribution >= 0.6 is 11.6 Å². The van der Waals surface area contributed by atoms with Crippen LogP contribution in [0.25, 0.3) is 0 Å². The van der Waals surface area contributed by atoms with Crippen molar-refractivity contribution in [2.45, 2.75) is 6.42 Å². The standard InChI is InChI=1S/C16H16ClNO3/c1-20-13-6-7-15(21-2)14(10-13)18-16(19)9-11-4-3-5-12(17)8-11/h3-8,10H,9H2,1-2H3,(H,18,19). The summed E-state index contributed by atoms with van der Waals surface area (Å²) in [4.78, 5) is 12.1. The molecule has 0 aliphatic heterocycles. The van der Waals surface area contributed by atoms with Crippen molar-refractivity contribution in [1.29, 1.82) is 0 Å². The van der Waals surface area contributed by atoms with E-state index in [1.54, 1.807) is 44.6 Å². The van der Waals surface area contributed by atoms with Crippen LogP contribution in [0.4, 0.5) is 5.69 Å². The topological polar surface area (TPSA) is 47.6 Å². The van der Waals surface area contributed by atoms with Gasteiger partial charge in [0.2, 0.25) is 5.91 Å². The summed E-state index contributed by atoms with van der Waals surface area (Å²) in [5.41, 5.74) is 1.42. The van der Waals surface area contributed by atoms with Crippen LogP contribution in [0.1, 0.15) is 5.56 Å². The van der Waals surface area contributed by atoms with E-state index in [4.69, 9.17) is 21.1 Å². The van der Waals surface area contributed by atoms with E-state index in [2.05, 4.69) is 5.32 Å². The zero-order chi connectivity index (χ0) is 15.2. The first kappa shape index (κ1) is 15.2. The van der Waals surface area contributed by atoms with Crippen LogP contribution in [0, 0.1) is 0 Å². The third kappa shape index (κ3) is 4.13. The number of rotatable bonds is 5. The molecule has 21 heavy (non-hydrogen) atoms. The van der Waals surface area contributed by atoms with Crippen molar-refractivity contribution in [3.63, 3.8) is 0 Å². The Morgan fingerprint density at radius 2 is 1.95 bits per heavy atom. The van der Waals surface area contributed by atoms with E-state index < -0.39 is 0 Å². The molecule has 0 fully saturated rings. The quantitative estimate of drug-likeness (QED) is 0.919. The molecular weight excluding hydrogens is 290 g/mol. The minimum absolute atomic E-state index is 0.149. The van der Waals surface area contributed by atoms with Gasteiger partial charge in [0.1, 0.15) is 11.5 Å². The minimum Gasteiger partial charge on any atom is -0.497 e. The zero-order valence-corrected chi connectivity index (χ0v) is 12.6. The van der Waals surface area contributed by atoms with Crippen molar-refractivity contribution in [3.05, 3.63) is 53.1 Å². The largest absolute Gasteiger partial charge is 0.497 e. The van der Waals surface area contributed by atoms with Crippen molar-refractivity contribution < 1.29 is 14.3 Å². The van der Waals surface area contributed by atoms with Gasteiger partial charge in [0, 0.05) is 11.1 Å². The van der Waals surface area contributed by atoms with Gasteiger partial charge in [-0.3, -0.25) is 4.79 Å². The lowest BCUT2D eigenvalue weighted by Gasteiger charge is -2.11. The van der Waals surface area contributed by atoms with Crippen LogP contribution in [0.3, 0.4) is 0 Å². The van der Waals surface area contributed by atoms with Crippen LogP contribution in [-0.2, 0) is 11.2 Å². The lowest BCUT2D eigenvalue weighted by Crippen LogP contribution is -2.15. The third-order valence-corrected chi connectivity index (χ3v) is 3.17. The molecule has 0 aromatic heterocycles. The molecule has 0 bridgehead atoms. The summed E-state index contributed by atoms with van der Waals surface area (Å²) < 4.78 is 10.4. The molecule has 0 saturated heterocycles. The molecule has 0 unspecified atom stereocenters. The van der Waals surface area contributed by atoms with E-state index in [9.17, 15) is 4.79 Å². The van der Waals surface area contributed by atoms with Crippen LogP contribution in [0.2, 0.25) is 5.02 Å². The van der Waals surface area contributed by atoms with Crippen LogP contribution < -0.4 is 14.8 Å². The Bertz CT molecular complexity index is 643. The van der Waals surface area contributed by atoms with Gasteiger partial charge in [0.25, 0.3) is 0 Å². The van der Waals surface area contributed by atoms with Gasteiger partial charge < -0.3 is 14.8 Å². The van der Waals surface area contributed by atoms with Crippen LogP contribution in [-0.4, -0.2) is 20.1 Å². The number of hydrogen-bond donors (Lipinski definition) is 1. The van der Waals surface area contributed by atoms with Gasteiger partial charge in [-0.05, 0) is 29.8 Å². The van der Waals surface area contributed by atoms with E-state index in [-0.39, 0.29) is 12.3 Å². The number of hydrogen-bond acceptors (Lipinski definition) is 3. The molecule has 0 radical (unpaired) electrons. The highest BCUT2D eigenvalue weighted by molar-refractivity contribution is 6.30. The summed E-state index contributed by atoms with van der Waals surface area (Å²) in [6.07, 6.45) is 0.237. The first-order valence-electron chi connectivity index (χ1n) is 6.38. The lowest BCUT2D eigenvalue weighted by molar-refractivity contribution is -0.115. The molecule has 2 aromatic rings. The monoisotopic (exact) mass is 305 g/mol. The first-order valence-corrected chi connectivity index (χ1v) is 6.76. The number of halogens is 1. The molecule has 0 saturated carbocycles. The Labute approximate surface area is 128 Å². The van der Waals surface area contributed by atoms with Gasteiger partial charge in [-0.1, -0.05) is 23.7 Å². The van der Waals surface area contributed by atoms with Crippen LogP contribution in [0.5, 0.6) is 11.5 Å². The fourth-order valence-corrected chi connectivity index (χ4v) is 2.15. The van der Waals surface area contributed by atoms with Gasteiger partial charge in [-0.15, -0.1) is 0 Å². The number of carbonyl (C=O) groups is 1. The van der Waals surface area contributed by atoms with Gasteiger partial charge in [-0.2, -0.15) is 0 Å². The molecule has 2 aromatic carbocycles. The fourth-order valence-electron chi connectivity index (χ4n) is 1.94. The Balaban J connectivity index is 2.12. The second-order valence-electron chi connectivity index (χ2n) is 4.42. The second-order valence-corrected chi connectivity index (χ2v) is 4.86. The van der Waals surface area contributed by atoms with Crippen molar-refractivity contribution in [1.82, 2.24) is 0 Å². The SMILES string of the molecule is COc1ccc(OC)c(NC(=O)Cc2cccc(Cl)c2)c1. The number of amides is 1. The Kier molecular flexibility index (Phi) is 5.06. The average Bonchev–Trinajstić information content (AvgIpc) is 2.47. The van der Waals surface area contributed by atoms with E-state index in [1.807, 2.05) is 12.1 Å². The maximum Gasteiger partial charge on any atom is 0.228 e. The number of ether oxygens (including phenoxy) is 2. The predicted octanol–water partition coefficient (Wildman–Crippen LogP) is 3.54. The van der Waals surface area contributed by atoms with Gasteiger partial charge in [0.15, 0.2) is 0 Å². The Morgan fingerprint density at radius 1 is 1.14 bits per heavy atom. The summed E-state index contributed by atoms with van der Waals surface area (Å²) in [5, 5.41) is 3.43. The molecule has 110 valence electrons. The van der Waals surface area contributed by atoms with Crippen molar-refractivity contribution in [3.8, 4) is 11.5 Å². The van der Waals surface area contributed by atoms with E-state index in [0.29, 0.717) is 22.2 Å². The van der Waals surface area contributed by atoms with Crippen LogP contribution in [0.15, 0.2) is 42.5 Å². The maximum absolute atomic E-state index is 12.1. The molecule has 4 nitrogen and oxygen atoms in total. The molecular formula is C16H16ClNO3. The van der Waals surface area contributed by atoms with Gasteiger partial charge >= 0.3 is 0 Å². The fraction of sp³-hybridized carbons (Fsp3) is 0.188. The molecule has 0 atom stereocenters. The summed E-state index contributed by atoms with van der Waals surface area (Å²) in [6.45, 7) is 0. The number of carbonyl (C=O) groups excluding carboxylic acids is 1. The second kappa shape index (κ2) is 6.99. The van der Waals surface area contributed by atoms with E-state index >= 15 is 0 Å². The highest BCUT2D eigenvalue weighted by Crippen LogP contribution is 2.29. The molecule has 2 rings (SSSR count). The molecule has 0 heterocycles. The molecule has 0 aliphatic carbocycles. The molecule has 5 heteroatoms. The summed E-state index contributed by atoms with van der Waals surface area (Å²) in [6, 6.07) is 12.4. The number of nitrogens with one attached hydrogen (secondary N) is 1. The summed E-state index contributed by atoms with van der Waals surface area (Å²) in [7, 11) is 3.12. The highest BCUT2D eigenvalue weighted by atomic mass is 35.5. The smallest absolute Gasteiger partial charge is 0.228 e. The number of methoxy groups -OCH3 is 2. The van der Waals surface area contributed by atoms with Crippen molar-refractivity contribution in [2.75, 3.05) is 19.5 Å². The Morgan fingerprint density at radius 3 is 2.62 bits per heavy atom.